The predicted molar refractivity (Wildman–Crippen MR) is 113 cm³/mol. The van der Waals surface area contributed by atoms with Crippen LogP contribution in [-0.2, 0) is 16.0 Å². The van der Waals surface area contributed by atoms with Gasteiger partial charge >= 0.3 is 6.03 Å². The van der Waals surface area contributed by atoms with Crippen molar-refractivity contribution in [1.82, 2.24) is 10.2 Å². The molecule has 1 fully saturated rings. The number of imide groups is 1. The van der Waals surface area contributed by atoms with Crippen LogP contribution >= 0.6 is 27.5 Å². The standard InChI is InChI=1S/C20H17BrClN3O4/c1-2-11-5-3-4-6-15(11)23-17(26)10-25-19(28)16(24-20(25)29)8-12-7-13(21)9-14(22)18(12)27/h3-9,27H,2,10H2,1H3,(H,23,26)(H,24,29)/b16-8-. The molecule has 0 aliphatic carbocycles. The van der Waals surface area contributed by atoms with Crippen molar-refractivity contribution in [3.05, 3.63) is 62.7 Å². The molecule has 0 atom stereocenters. The van der Waals surface area contributed by atoms with E-state index < -0.39 is 24.4 Å². The highest BCUT2D eigenvalue weighted by Gasteiger charge is 2.35. The smallest absolute Gasteiger partial charge is 0.329 e. The number of carbonyl (C=O) groups excluding carboxylic acids is 3. The second-order valence-electron chi connectivity index (χ2n) is 6.26. The molecule has 7 nitrogen and oxygen atoms in total. The van der Waals surface area contributed by atoms with Gasteiger partial charge in [-0.3, -0.25) is 9.59 Å². The first-order chi connectivity index (χ1) is 13.8. The Morgan fingerprint density at radius 1 is 1.31 bits per heavy atom. The summed E-state index contributed by atoms with van der Waals surface area (Å²) in [5, 5.41) is 15.3. The van der Waals surface area contributed by atoms with Crippen LogP contribution in [0.3, 0.4) is 0 Å². The zero-order chi connectivity index (χ0) is 21.1. The number of aryl methyl sites for hydroxylation is 1. The molecule has 9 heteroatoms. The molecule has 0 aromatic heterocycles. The number of nitrogens with zero attached hydrogens (tertiary/aromatic N) is 1. The summed E-state index contributed by atoms with van der Waals surface area (Å²) in [5.74, 6) is -1.40. The van der Waals surface area contributed by atoms with Gasteiger partial charge in [0.25, 0.3) is 5.91 Å². The van der Waals surface area contributed by atoms with E-state index in [0.717, 1.165) is 16.9 Å². The maximum atomic E-state index is 12.6. The third kappa shape index (κ3) is 4.60. The second kappa shape index (κ2) is 8.67. The summed E-state index contributed by atoms with van der Waals surface area (Å²) in [6.45, 7) is 1.52. The predicted octanol–water partition coefficient (Wildman–Crippen LogP) is 3.90. The second-order valence-corrected chi connectivity index (χ2v) is 7.59. The minimum atomic E-state index is -0.722. The summed E-state index contributed by atoms with van der Waals surface area (Å²) < 4.78 is 0.592. The van der Waals surface area contributed by atoms with Gasteiger partial charge in [-0.05, 0) is 36.3 Å². The number of hydrogen-bond donors (Lipinski definition) is 3. The van der Waals surface area contributed by atoms with Crippen LogP contribution in [0, 0.1) is 0 Å². The van der Waals surface area contributed by atoms with E-state index in [4.69, 9.17) is 11.6 Å². The normalized spacial score (nSPS) is 15.0. The van der Waals surface area contributed by atoms with Gasteiger partial charge in [-0.15, -0.1) is 0 Å². The van der Waals surface area contributed by atoms with Crippen molar-refractivity contribution >= 4 is 57.1 Å². The van der Waals surface area contributed by atoms with Gasteiger partial charge in [-0.1, -0.05) is 52.7 Å². The molecule has 1 heterocycles. The summed E-state index contributed by atoms with van der Waals surface area (Å²) in [7, 11) is 0. The Labute approximate surface area is 180 Å². The van der Waals surface area contributed by atoms with E-state index in [1.54, 1.807) is 18.2 Å². The first-order valence-electron chi connectivity index (χ1n) is 8.70. The first-order valence-corrected chi connectivity index (χ1v) is 9.87. The zero-order valence-corrected chi connectivity index (χ0v) is 17.7. The van der Waals surface area contributed by atoms with Crippen LogP contribution in [0.15, 0.2) is 46.6 Å². The molecule has 29 heavy (non-hydrogen) atoms. The molecule has 1 aliphatic heterocycles. The fraction of sp³-hybridized carbons (Fsp3) is 0.150. The molecule has 0 saturated carbocycles. The number of para-hydroxylation sites is 1. The number of halogens is 2. The topological polar surface area (TPSA) is 98.7 Å². The SMILES string of the molecule is CCc1ccccc1NC(=O)CN1C(=O)N/C(=C\c2cc(Br)cc(Cl)c2O)C1=O. The van der Waals surface area contributed by atoms with Crippen LogP contribution in [0.5, 0.6) is 5.75 Å². The van der Waals surface area contributed by atoms with Crippen molar-refractivity contribution in [3.8, 4) is 5.75 Å². The number of anilines is 1. The minimum absolute atomic E-state index is 0.0683. The molecule has 0 radical (unpaired) electrons. The lowest BCUT2D eigenvalue weighted by Crippen LogP contribution is -2.38. The maximum Gasteiger partial charge on any atom is 0.329 e. The number of carbonyl (C=O) groups is 3. The van der Waals surface area contributed by atoms with Crippen molar-refractivity contribution in [1.29, 1.82) is 0 Å². The number of benzene rings is 2. The van der Waals surface area contributed by atoms with Crippen molar-refractivity contribution in [2.45, 2.75) is 13.3 Å². The molecule has 150 valence electrons. The average molecular weight is 479 g/mol. The fourth-order valence-electron chi connectivity index (χ4n) is 2.85. The number of urea groups is 1. The highest BCUT2D eigenvalue weighted by atomic mass is 79.9. The number of hydrogen-bond acceptors (Lipinski definition) is 4. The van der Waals surface area contributed by atoms with Crippen molar-refractivity contribution in [2.75, 3.05) is 11.9 Å². The van der Waals surface area contributed by atoms with Crippen LogP contribution in [0.4, 0.5) is 10.5 Å². The van der Waals surface area contributed by atoms with Gasteiger partial charge in [0.05, 0.1) is 5.02 Å². The van der Waals surface area contributed by atoms with Crippen LogP contribution in [0.1, 0.15) is 18.1 Å². The van der Waals surface area contributed by atoms with Gasteiger partial charge in [0.1, 0.15) is 18.0 Å². The number of amides is 4. The largest absolute Gasteiger partial charge is 0.506 e. The van der Waals surface area contributed by atoms with Gasteiger partial charge in [0.15, 0.2) is 0 Å². The Kier molecular flexibility index (Phi) is 6.24. The fourth-order valence-corrected chi connectivity index (χ4v) is 3.68. The van der Waals surface area contributed by atoms with Crippen LogP contribution in [0.2, 0.25) is 5.02 Å². The average Bonchev–Trinajstić information content (AvgIpc) is 2.93. The quantitative estimate of drug-likeness (QED) is 0.448. The van der Waals surface area contributed by atoms with Crippen molar-refractivity contribution < 1.29 is 19.5 Å². The molecule has 0 spiro atoms. The molecule has 0 unspecified atom stereocenters. The third-order valence-corrected chi connectivity index (χ3v) is 5.04. The van der Waals surface area contributed by atoms with Crippen LogP contribution in [-0.4, -0.2) is 34.4 Å². The number of nitrogens with one attached hydrogen (secondary N) is 2. The van der Waals surface area contributed by atoms with E-state index in [9.17, 15) is 19.5 Å². The molecular weight excluding hydrogens is 462 g/mol. The molecule has 0 bridgehead atoms. The summed E-state index contributed by atoms with van der Waals surface area (Å²) in [6, 6.07) is 9.63. The first kappa shape index (κ1) is 20.9. The van der Waals surface area contributed by atoms with Gasteiger partial charge in [0.2, 0.25) is 5.91 Å². The Balaban J connectivity index is 1.76. The third-order valence-electron chi connectivity index (χ3n) is 4.29. The maximum absolute atomic E-state index is 12.6. The van der Waals surface area contributed by atoms with Crippen LogP contribution in [0.25, 0.3) is 6.08 Å². The molecule has 3 rings (SSSR count). The highest BCUT2D eigenvalue weighted by Crippen LogP contribution is 2.33. The van der Waals surface area contributed by atoms with Gasteiger partial charge in [-0.25, -0.2) is 9.69 Å². The summed E-state index contributed by atoms with van der Waals surface area (Å²) >= 11 is 9.17. The van der Waals surface area contributed by atoms with Gasteiger partial charge in [0, 0.05) is 15.7 Å². The lowest BCUT2D eigenvalue weighted by atomic mass is 10.1. The molecule has 2 aromatic carbocycles. The van der Waals surface area contributed by atoms with E-state index in [-0.39, 0.29) is 22.0 Å². The molecule has 3 N–H and O–H groups in total. The van der Waals surface area contributed by atoms with Gasteiger partial charge in [-0.2, -0.15) is 0 Å². The highest BCUT2D eigenvalue weighted by molar-refractivity contribution is 9.10. The Hall–Kier alpha value is -2.84. The monoisotopic (exact) mass is 477 g/mol. The lowest BCUT2D eigenvalue weighted by molar-refractivity contribution is -0.127. The van der Waals surface area contributed by atoms with E-state index in [1.807, 2.05) is 19.1 Å². The molecule has 4 amide bonds. The van der Waals surface area contributed by atoms with Crippen molar-refractivity contribution in [2.24, 2.45) is 0 Å². The zero-order valence-electron chi connectivity index (χ0n) is 15.3. The van der Waals surface area contributed by atoms with E-state index >= 15 is 0 Å². The van der Waals surface area contributed by atoms with E-state index in [1.165, 1.54) is 12.1 Å². The van der Waals surface area contributed by atoms with Gasteiger partial charge < -0.3 is 15.7 Å². The Bertz CT molecular complexity index is 1040. The summed E-state index contributed by atoms with van der Waals surface area (Å²) in [4.78, 5) is 37.9. The van der Waals surface area contributed by atoms with E-state index in [2.05, 4.69) is 26.6 Å². The van der Waals surface area contributed by atoms with Crippen LogP contribution < -0.4 is 10.6 Å². The number of aromatic hydroxyl groups is 1. The number of phenolic OH excluding ortho intramolecular Hbond substituents is 1. The summed E-state index contributed by atoms with van der Waals surface area (Å²) in [6.07, 6.45) is 2.03. The minimum Gasteiger partial charge on any atom is -0.506 e. The Morgan fingerprint density at radius 2 is 2.03 bits per heavy atom. The molecule has 2 aromatic rings. The lowest BCUT2D eigenvalue weighted by Gasteiger charge is -2.13. The number of rotatable bonds is 5. The Morgan fingerprint density at radius 3 is 2.76 bits per heavy atom. The van der Waals surface area contributed by atoms with Crippen molar-refractivity contribution in [3.63, 3.8) is 0 Å². The molecular formula is C20H17BrClN3O4. The molecule has 1 saturated heterocycles. The molecule has 1 aliphatic rings. The summed E-state index contributed by atoms with van der Waals surface area (Å²) in [5.41, 5.74) is 1.76. The van der Waals surface area contributed by atoms with E-state index in [0.29, 0.717) is 10.2 Å². The number of phenols is 1.